The predicted molar refractivity (Wildman–Crippen MR) is 269 cm³/mol. The highest BCUT2D eigenvalue weighted by Crippen LogP contribution is 2.51. The lowest BCUT2D eigenvalue weighted by molar-refractivity contribution is 0.660. The quantitative estimate of drug-likeness (QED) is 0.167. The van der Waals surface area contributed by atoms with Crippen molar-refractivity contribution in [2.45, 2.75) is 19.3 Å². The van der Waals surface area contributed by atoms with Gasteiger partial charge in [0.15, 0.2) is 0 Å². The van der Waals surface area contributed by atoms with E-state index in [2.05, 4.69) is 242 Å². The van der Waals surface area contributed by atoms with E-state index in [9.17, 15) is 0 Å². The second-order valence-corrected chi connectivity index (χ2v) is 17.6. The summed E-state index contributed by atoms with van der Waals surface area (Å²) in [6, 6.07) is 79.5. The molecule has 1 aliphatic rings. The van der Waals surface area contributed by atoms with Crippen molar-refractivity contribution in [1.29, 1.82) is 0 Å². The summed E-state index contributed by atoms with van der Waals surface area (Å²) >= 11 is 0. The minimum atomic E-state index is -0.0675. The van der Waals surface area contributed by atoms with E-state index in [4.69, 9.17) is 4.42 Å². The van der Waals surface area contributed by atoms with E-state index in [1.807, 2.05) is 0 Å². The molecule has 0 saturated heterocycles. The standard InChI is InChI=1S/C61H42N2O/c1-61(2)51-24-10-5-19-44(51)45-35-32-41(38-52(45)61)39-30-33-42(34-31-39)62(53-28-15-17-40-16-3-4-18-43(40)53)57-37-36-49(60-59(57)50-23-9-14-29-58(50)64-60)48-22-8-13-27-56(48)63-54-25-11-6-20-46(54)47-21-7-12-26-55(47)63/h3-38H,1-2H3. The fourth-order valence-corrected chi connectivity index (χ4v) is 10.8. The summed E-state index contributed by atoms with van der Waals surface area (Å²) in [5.41, 5.74) is 18.3. The lowest BCUT2D eigenvalue weighted by Crippen LogP contribution is -2.14. The fourth-order valence-electron chi connectivity index (χ4n) is 10.8. The molecule has 0 radical (unpaired) electrons. The molecule has 10 aromatic carbocycles. The molecule has 1 aliphatic carbocycles. The van der Waals surface area contributed by atoms with E-state index in [-0.39, 0.29) is 5.41 Å². The van der Waals surface area contributed by atoms with Crippen molar-refractivity contribution < 1.29 is 4.42 Å². The molecule has 0 unspecified atom stereocenters. The summed E-state index contributed by atoms with van der Waals surface area (Å²) in [7, 11) is 0. The molecular formula is C61H42N2O. The molecule has 0 amide bonds. The van der Waals surface area contributed by atoms with Gasteiger partial charge in [0.2, 0.25) is 0 Å². The van der Waals surface area contributed by atoms with E-state index >= 15 is 0 Å². The first-order valence-corrected chi connectivity index (χ1v) is 22.2. The van der Waals surface area contributed by atoms with Crippen molar-refractivity contribution >= 4 is 71.6 Å². The summed E-state index contributed by atoms with van der Waals surface area (Å²) in [4.78, 5) is 2.43. The van der Waals surface area contributed by atoms with Gasteiger partial charge in [0.25, 0.3) is 0 Å². The van der Waals surface area contributed by atoms with Crippen LogP contribution in [0.4, 0.5) is 17.1 Å². The maximum Gasteiger partial charge on any atom is 0.145 e. The molecule has 2 aromatic heterocycles. The van der Waals surface area contributed by atoms with Crippen LogP contribution in [-0.4, -0.2) is 4.57 Å². The highest BCUT2D eigenvalue weighted by Gasteiger charge is 2.35. The van der Waals surface area contributed by atoms with Gasteiger partial charge in [0.05, 0.1) is 33.5 Å². The number of furan rings is 1. The zero-order chi connectivity index (χ0) is 42.5. The van der Waals surface area contributed by atoms with E-state index in [0.29, 0.717) is 0 Å². The topological polar surface area (TPSA) is 21.3 Å². The Balaban J connectivity index is 1.02. The maximum atomic E-state index is 7.05. The molecule has 0 N–H and O–H groups in total. The van der Waals surface area contributed by atoms with Crippen LogP contribution in [0, 0.1) is 0 Å². The average Bonchev–Trinajstić information content (AvgIpc) is 3.98. The zero-order valence-corrected chi connectivity index (χ0v) is 35.6. The van der Waals surface area contributed by atoms with Crippen molar-refractivity contribution in [3.05, 3.63) is 230 Å². The Bertz CT molecular complexity index is 3770. The summed E-state index contributed by atoms with van der Waals surface area (Å²) in [5.74, 6) is 0. The number of anilines is 3. The second kappa shape index (κ2) is 13.9. The predicted octanol–water partition coefficient (Wildman–Crippen LogP) is 16.9. The number of benzene rings is 10. The number of rotatable bonds is 6. The summed E-state index contributed by atoms with van der Waals surface area (Å²) in [6.45, 7) is 4.70. The van der Waals surface area contributed by atoms with Gasteiger partial charge in [-0.3, -0.25) is 0 Å². The zero-order valence-electron chi connectivity index (χ0n) is 35.6. The Kier molecular flexibility index (Phi) is 7.95. The highest BCUT2D eigenvalue weighted by molar-refractivity contribution is 6.19. The largest absolute Gasteiger partial charge is 0.455 e. The third-order valence-electron chi connectivity index (χ3n) is 13.8. The van der Waals surface area contributed by atoms with Crippen molar-refractivity contribution in [2.75, 3.05) is 4.90 Å². The number of hydrogen-bond donors (Lipinski definition) is 0. The fraction of sp³-hybridized carbons (Fsp3) is 0.0492. The van der Waals surface area contributed by atoms with Gasteiger partial charge in [-0.15, -0.1) is 0 Å². The number of nitrogens with zero attached hydrogens (tertiary/aromatic N) is 2. The summed E-state index contributed by atoms with van der Waals surface area (Å²) in [6.07, 6.45) is 0. The first kappa shape index (κ1) is 36.5. The smallest absolute Gasteiger partial charge is 0.145 e. The molecule has 0 atom stereocenters. The van der Waals surface area contributed by atoms with Crippen molar-refractivity contribution in [2.24, 2.45) is 0 Å². The monoisotopic (exact) mass is 818 g/mol. The molecule has 3 heteroatoms. The van der Waals surface area contributed by atoms with Crippen LogP contribution in [-0.2, 0) is 5.41 Å². The van der Waals surface area contributed by atoms with Crippen molar-refractivity contribution in [3.63, 3.8) is 0 Å². The third kappa shape index (κ3) is 5.34. The average molecular weight is 819 g/mol. The highest BCUT2D eigenvalue weighted by atomic mass is 16.3. The Morgan fingerprint density at radius 2 is 1.02 bits per heavy atom. The first-order chi connectivity index (χ1) is 31.5. The minimum absolute atomic E-state index is 0.0675. The Labute approximate surface area is 371 Å². The number of aromatic nitrogens is 1. The molecule has 0 fully saturated rings. The minimum Gasteiger partial charge on any atom is -0.455 e. The third-order valence-corrected chi connectivity index (χ3v) is 13.8. The van der Waals surface area contributed by atoms with Crippen LogP contribution < -0.4 is 4.90 Å². The first-order valence-electron chi connectivity index (χ1n) is 22.2. The van der Waals surface area contributed by atoms with Gasteiger partial charge in [-0.05, 0) is 99.4 Å². The summed E-state index contributed by atoms with van der Waals surface area (Å²) in [5, 5.41) is 6.98. The van der Waals surface area contributed by atoms with Crippen molar-refractivity contribution in [1.82, 2.24) is 4.57 Å². The molecule has 0 saturated carbocycles. The van der Waals surface area contributed by atoms with E-state index in [0.717, 1.165) is 55.8 Å². The van der Waals surface area contributed by atoms with Gasteiger partial charge < -0.3 is 13.9 Å². The molecule has 12 aromatic rings. The van der Waals surface area contributed by atoms with Gasteiger partial charge in [-0.25, -0.2) is 0 Å². The van der Waals surface area contributed by atoms with Crippen LogP contribution in [0.15, 0.2) is 223 Å². The normalized spacial score (nSPS) is 13.0. The molecule has 0 spiro atoms. The van der Waals surface area contributed by atoms with E-state index in [1.54, 1.807) is 0 Å². The molecule has 3 nitrogen and oxygen atoms in total. The lowest BCUT2D eigenvalue weighted by Gasteiger charge is -2.28. The molecular weight excluding hydrogens is 777 g/mol. The van der Waals surface area contributed by atoms with Gasteiger partial charge in [-0.2, -0.15) is 0 Å². The number of fused-ring (bicyclic) bond motifs is 10. The Hall–Kier alpha value is -8.14. The van der Waals surface area contributed by atoms with Crippen LogP contribution in [0.5, 0.6) is 0 Å². The van der Waals surface area contributed by atoms with Crippen molar-refractivity contribution in [3.8, 4) is 39.1 Å². The molecule has 302 valence electrons. The SMILES string of the molecule is CC1(C)c2ccccc2-c2ccc(-c3ccc(N(c4cccc5ccccc45)c4ccc(-c5ccccc5-n5c6ccccc6c6ccccc65)c5oc6ccccc6c45)cc3)cc21. The van der Waals surface area contributed by atoms with Gasteiger partial charge in [0, 0.05) is 43.8 Å². The molecule has 0 aliphatic heterocycles. The van der Waals surface area contributed by atoms with Gasteiger partial charge in [-0.1, -0.05) is 172 Å². The molecule has 64 heavy (non-hydrogen) atoms. The van der Waals surface area contributed by atoms with Crippen LogP contribution in [0.2, 0.25) is 0 Å². The lowest BCUT2D eigenvalue weighted by atomic mass is 9.81. The van der Waals surface area contributed by atoms with Crippen LogP contribution >= 0.6 is 0 Å². The van der Waals surface area contributed by atoms with E-state index in [1.165, 1.54) is 66.0 Å². The van der Waals surface area contributed by atoms with Crippen LogP contribution in [0.1, 0.15) is 25.0 Å². The number of para-hydroxylation sites is 4. The second-order valence-electron chi connectivity index (χ2n) is 17.6. The maximum absolute atomic E-state index is 7.05. The molecule has 0 bridgehead atoms. The molecule has 2 heterocycles. The van der Waals surface area contributed by atoms with Crippen LogP contribution in [0.25, 0.3) is 93.6 Å². The molecule has 13 rings (SSSR count). The van der Waals surface area contributed by atoms with Crippen LogP contribution in [0.3, 0.4) is 0 Å². The summed E-state index contributed by atoms with van der Waals surface area (Å²) < 4.78 is 9.46. The Morgan fingerprint density at radius 1 is 0.422 bits per heavy atom. The Morgan fingerprint density at radius 3 is 1.81 bits per heavy atom. The van der Waals surface area contributed by atoms with Gasteiger partial charge in [0.1, 0.15) is 11.2 Å². The van der Waals surface area contributed by atoms with Gasteiger partial charge >= 0.3 is 0 Å². The van der Waals surface area contributed by atoms with E-state index < -0.39 is 0 Å². The number of hydrogen-bond acceptors (Lipinski definition) is 2.